The van der Waals surface area contributed by atoms with Crippen molar-refractivity contribution in [3.63, 3.8) is 0 Å². The van der Waals surface area contributed by atoms with Gasteiger partial charge in [0.05, 0.1) is 6.04 Å². The van der Waals surface area contributed by atoms with Crippen molar-refractivity contribution in [3.05, 3.63) is 36.0 Å². The minimum absolute atomic E-state index is 0.118. The maximum atomic E-state index is 10.5. The normalized spacial score (nSPS) is 39.6. The van der Waals surface area contributed by atoms with Crippen molar-refractivity contribution in [2.75, 3.05) is 6.54 Å². The highest BCUT2D eigenvalue weighted by molar-refractivity contribution is 5.43. The Hall–Kier alpha value is -0.860. The van der Waals surface area contributed by atoms with Crippen LogP contribution in [0.2, 0.25) is 0 Å². The molecule has 0 spiro atoms. The van der Waals surface area contributed by atoms with Crippen LogP contribution < -0.4 is 5.32 Å². The molecule has 1 aliphatic heterocycles. The van der Waals surface area contributed by atoms with Crippen LogP contribution in [0.5, 0.6) is 0 Å². The smallest absolute Gasteiger partial charge is 0.108 e. The number of hydrogen-bond acceptors (Lipinski definition) is 2. The minimum atomic E-state index is -0.655. The largest absolute Gasteiger partial charge is 0.383 e. The van der Waals surface area contributed by atoms with Crippen LogP contribution in [0.1, 0.15) is 19.8 Å². The number of nitrogens with one attached hydrogen (secondary N) is 1. The first-order valence-electron chi connectivity index (χ1n) is 5.25. The molecule has 0 bridgehead atoms. The summed E-state index contributed by atoms with van der Waals surface area (Å²) in [5, 5.41) is 13.8. The molecular weight excluding hydrogens is 174 g/mol. The van der Waals surface area contributed by atoms with E-state index in [1.165, 1.54) is 0 Å². The van der Waals surface area contributed by atoms with E-state index < -0.39 is 5.60 Å². The van der Waals surface area contributed by atoms with E-state index in [2.05, 4.69) is 11.4 Å². The summed E-state index contributed by atoms with van der Waals surface area (Å²) < 4.78 is 0. The first-order chi connectivity index (χ1) is 6.77. The van der Waals surface area contributed by atoms with E-state index in [1.54, 1.807) is 0 Å². The van der Waals surface area contributed by atoms with E-state index in [4.69, 9.17) is 0 Å². The van der Waals surface area contributed by atoms with Crippen LogP contribution in [0.15, 0.2) is 36.0 Å². The van der Waals surface area contributed by atoms with E-state index in [-0.39, 0.29) is 6.04 Å². The fraction of sp³-hybridized carbons (Fsp3) is 0.500. The molecule has 0 saturated carbocycles. The molecule has 76 valence electrons. The van der Waals surface area contributed by atoms with Gasteiger partial charge in [0.15, 0.2) is 0 Å². The van der Waals surface area contributed by atoms with E-state index in [1.807, 2.05) is 31.2 Å². The second kappa shape index (κ2) is 3.71. The van der Waals surface area contributed by atoms with Gasteiger partial charge in [-0.15, -0.1) is 0 Å². The highest BCUT2D eigenvalue weighted by Crippen LogP contribution is 2.35. The van der Waals surface area contributed by atoms with Gasteiger partial charge in [0, 0.05) is 0 Å². The third-order valence-electron chi connectivity index (χ3n) is 3.05. The molecule has 0 aromatic heterocycles. The lowest BCUT2D eigenvalue weighted by atomic mass is 9.84. The number of allylic oxidation sites excluding steroid dienone is 3. The summed E-state index contributed by atoms with van der Waals surface area (Å²) in [6, 6.07) is 0.118. The fourth-order valence-corrected chi connectivity index (χ4v) is 2.23. The first kappa shape index (κ1) is 9.69. The monoisotopic (exact) mass is 191 g/mol. The van der Waals surface area contributed by atoms with Gasteiger partial charge in [-0.2, -0.15) is 0 Å². The summed E-state index contributed by atoms with van der Waals surface area (Å²) in [5.41, 5.74) is 0.380. The molecule has 0 amide bonds. The number of hydrogen-bond donors (Lipinski definition) is 2. The van der Waals surface area contributed by atoms with Gasteiger partial charge in [-0.05, 0) is 31.9 Å². The van der Waals surface area contributed by atoms with Crippen LogP contribution in [0.25, 0.3) is 0 Å². The number of rotatable bonds is 1. The van der Waals surface area contributed by atoms with E-state index in [0.717, 1.165) is 25.0 Å². The highest BCUT2D eigenvalue weighted by Gasteiger charge is 2.42. The Balaban J connectivity index is 2.25. The molecule has 2 aliphatic rings. The lowest BCUT2D eigenvalue weighted by Gasteiger charge is -2.36. The lowest BCUT2D eigenvalue weighted by molar-refractivity contribution is 0.0361. The summed E-state index contributed by atoms with van der Waals surface area (Å²) in [6.07, 6.45) is 12.0. The quantitative estimate of drug-likeness (QED) is 0.659. The first-order valence-corrected chi connectivity index (χ1v) is 5.25. The standard InChI is InChI=1S/C12H17NO/c1-2-3-5-10-6-7-11-12(10,14)8-4-9-13-11/h2-3,5-7,11,13-14H,4,8-9H2,1H3/b3-2+,10-5-/t11-,12+/m0/s1. The second-order valence-corrected chi connectivity index (χ2v) is 3.97. The van der Waals surface area contributed by atoms with Crippen LogP contribution in [0.4, 0.5) is 0 Å². The molecule has 2 nitrogen and oxygen atoms in total. The second-order valence-electron chi connectivity index (χ2n) is 3.97. The van der Waals surface area contributed by atoms with Crippen molar-refractivity contribution < 1.29 is 5.11 Å². The van der Waals surface area contributed by atoms with Crippen molar-refractivity contribution in [2.45, 2.75) is 31.4 Å². The van der Waals surface area contributed by atoms with Gasteiger partial charge in [0.2, 0.25) is 0 Å². The van der Waals surface area contributed by atoms with Crippen molar-refractivity contribution in [2.24, 2.45) is 0 Å². The molecule has 14 heavy (non-hydrogen) atoms. The average molecular weight is 191 g/mol. The number of aliphatic hydroxyl groups is 1. The highest BCUT2D eigenvalue weighted by atomic mass is 16.3. The topological polar surface area (TPSA) is 32.3 Å². The molecule has 1 heterocycles. The summed E-state index contributed by atoms with van der Waals surface area (Å²) in [6.45, 7) is 2.99. The van der Waals surface area contributed by atoms with Gasteiger partial charge in [0.25, 0.3) is 0 Å². The fourth-order valence-electron chi connectivity index (χ4n) is 2.23. The van der Waals surface area contributed by atoms with Crippen LogP contribution in [-0.2, 0) is 0 Å². The Labute approximate surface area is 85.0 Å². The van der Waals surface area contributed by atoms with Crippen LogP contribution in [0.3, 0.4) is 0 Å². The van der Waals surface area contributed by atoms with Gasteiger partial charge in [-0.25, -0.2) is 0 Å². The van der Waals surface area contributed by atoms with Crippen molar-refractivity contribution in [1.29, 1.82) is 0 Å². The third kappa shape index (κ3) is 1.45. The summed E-state index contributed by atoms with van der Waals surface area (Å²) in [5.74, 6) is 0. The predicted molar refractivity (Wildman–Crippen MR) is 58.0 cm³/mol. The molecule has 1 aliphatic carbocycles. The maximum Gasteiger partial charge on any atom is 0.108 e. The molecule has 0 aromatic rings. The van der Waals surface area contributed by atoms with Gasteiger partial charge in [-0.1, -0.05) is 30.4 Å². The lowest BCUT2D eigenvalue weighted by Crippen LogP contribution is -2.52. The Morgan fingerprint density at radius 1 is 1.64 bits per heavy atom. The Kier molecular flexibility index (Phi) is 2.57. The molecule has 2 rings (SSSR count). The van der Waals surface area contributed by atoms with Gasteiger partial charge < -0.3 is 10.4 Å². The molecule has 2 N–H and O–H groups in total. The van der Waals surface area contributed by atoms with Gasteiger partial charge in [-0.3, -0.25) is 0 Å². The minimum Gasteiger partial charge on any atom is -0.383 e. The zero-order valence-corrected chi connectivity index (χ0v) is 8.53. The summed E-state index contributed by atoms with van der Waals surface area (Å²) >= 11 is 0. The zero-order valence-electron chi connectivity index (χ0n) is 8.53. The van der Waals surface area contributed by atoms with Crippen LogP contribution >= 0.6 is 0 Å². The molecule has 0 unspecified atom stereocenters. The third-order valence-corrected chi connectivity index (χ3v) is 3.05. The van der Waals surface area contributed by atoms with Crippen LogP contribution in [0, 0.1) is 0 Å². The molecular formula is C12H17NO. The Morgan fingerprint density at radius 3 is 3.29 bits per heavy atom. The Morgan fingerprint density at radius 2 is 2.50 bits per heavy atom. The molecule has 2 heteroatoms. The van der Waals surface area contributed by atoms with E-state index in [9.17, 15) is 5.11 Å². The maximum absolute atomic E-state index is 10.5. The van der Waals surface area contributed by atoms with Crippen molar-refractivity contribution in [3.8, 4) is 0 Å². The van der Waals surface area contributed by atoms with Crippen molar-refractivity contribution in [1.82, 2.24) is 5.32 Å². The Bertz CT molecular complexity index is 303. The van der Waals surface area contributed by atoms with Crippen LogP contribution in [-0.4, -0.2) is 23.3 Å². The summed E-state index contributed by atoms with van der Waals surface area (Å²) in [4.78, 5) is 0. The molecule has 1 fully saturated rings. The van der Waals surface area contributed by atoms with Gasteiger partial charge in [0.1, 0.15) is 5.60 Å². The van der Waals surface area contributed by atoms with Crippen molar-refractivity contribution >= 4 is 0 Å². The predicted octanol–water partition coefficient (Wildman–Crippen LogP) is 1.54. The van der Waals surface area contributed by atoms with E-state index >= 15 is 0 Å². The molecule has 0 radical (unpaired) electrons. The number of piperidine rings is 1. The molecule has 1 saturated heterocycles. The summed E-state index contributed by atoms with van der Waals surface area (Å²) in [7, 11) is 0. The zero-order chi connectivity index (χ0) is 10.0. The average Bonchev–Trinajstić information content (AvgIpc) is 2.52. The van der Waals surface area contributed by atoms with E-state index in [0.29, 0.717) is 0 Å². The SMILES string of the molecule is C/C=C/C=C1/C=C[C@@H]2NCCC[C@@]12O. The van der Waals surface area contributed by atoms with Gasteiger partial charge >= 0.3 is 0 Å². The molecule has 0 aromatic carbocycles. The molecule has 2 atom stereocenters. The number of fused-ring (bicyclic) bond motifs is 1.